The zero-order valence-corrected chi connectivity index (χ0v) is 15.9. The Labute approximate surface area is 172 Å². The van der Waals surface area contributed by atoms with Crippen LogP contribution in [-0.2, 0) is 12.4 Å². The Hall–Kier alpha value is -3.49. The van der Waals surface area contributed by atoms with E-state index in [2.05, 4.69) is 15.0 Å². The van der Waals surface area contributed by atoms with Crippen LogP contribution in [0, 0.1) is 6.92 Å². The van der Waals surface area contributed by atoms with Crippen LogP contribution in [0.5, 0.6) is 0 Å². The highest BCUT2D eigenvalue weighted by atomic mass is 19.4. The van der Waals surface area contributed by atoms with E-state index in [0.717, 1.165) is 11.6 Å². The number of hydrogen-bond acceptors (Lipinski definition) is 3. The average Bonchev–Trinajstić information content (AvgIpc) is 2.72. The smallest absolute Gasteiger partial charge is 0.228 e. The van der Waals surface area contributed by atoms with Crippen LogP contribution in [-0.4, -0.2) is 15.0 Å². The summed E-state index contributed by atoms with van der Waals surface area (Å²) in [6.07, 6.45) is -9.83. The third kappa shape index (κ3) is 4.08. The molecule has 2 aromatic carbocycles. The molecule has 0 spiro atoms. The number of pyridine rings is 1. The molecule has 2 heterocycles. The Kier molecular flexibility index (Phi) is 4.91. The summed E-state index contributed by atoms with van der Waals surface area (Å²) in [5.74, 6) is -1.56. The number of hydrogen-bond donors (Lipinski definition) is 0. The highest BCUT2D eigenvalue weighted by molar-refractivity contribution is 5.94. The first-order chi connectivity index (χ1) is 14.5. The van der Waals surface area contributed by atoms with Gasteiger partial charge < -0.3 is 0 Å². The summed E-state index contributed by atoms with van der Waals surface area (Å²) in [5, 5.41) is -0.581. The third-order valence-corrected chi connectivity index (χ3v) is 4.62. The maximum Gasteiger partial charge on any atom is 0.451 e. The van der Waals surface area contributed by atoms with Crippen molar-refractivity contribution in [3.8, 4) is 22.5 Å². The Morgan fingerprint density at radius 2 is 1.32 bits per heavy atom. The molecule has 158 valence electrons. The Balaban J connectivity index is 2.13. The summed E-state index contributed by atoms with van der Waals surface area (Å²) in [6.45, 7) is 1.80. The minimum absolute atomic E-state index is 0.0933. The maximum atomic E-state index is 14.0. The summed E-state index contributed by atoms with van der Waals surface area (Å²) in [6, 6.07) is 14.6. The predicted molar refractivity (Wildman–Crippen MR) is 103 cm³/mol. The molecule has 0 aliphatic carbocycles. The quantitative estimate of drug-likeness (QED) is 0.330. The van der Waals surface area contributed by atoms with Crippen LogP contribution in [0.25, 0.3) is 33.5 Å². The summed E-state index contributed by atoms with van der Waals surface area (Å²) in [5.41, 5.74) is -1.15. The van der Waals surface area contributed by atoms with Gasteiger partial charge in [0.15, 0.2) is 5.65 Å². The lowest BCUT2D eigenvalue weighted by atomic mass is 10.0. The lowest BCUT2D eigenvalue weighted by molar-refractivity contribution is -0.144. The monoisotopic (exact) mass is 433 g/mol. The first kappa shape index (κ1) is 20.8. The van der Waals surface area contributed by atoms with Crippen molar-refractivity contribution in [3.63, 3.8) is 0 Å². The van der Waals surface area contributed by atoms with Crippen LogP contribution < -0.4 is 0 Å². The number of rotatable bonds is 2. The van der Waals surface area contributed by atoms with Gasteiger partial charge in [0.2, 0.25) is 5.82 Å². The molecule has 4 rings (SSSR count). The Bertz CT molecular complexity index is 1250. The fourth-order valence-corrected chi connectivity index (χ4v) is 3.16. The maximum absolute atomic E-state index is 14.0. The SMILES string of the molecule is Cc1ccc(-c2cc(C(F)(F)F)c3c(-c4ccccc4)nc(C(F)(F)F)nc3n2)cc1. The van der Waals surface area contributed by atoms with Gasteiger partial charge in [0, 0.05) is 11.1 Å². The van der Waals surface area contributed by atoms with Gasteiger partial charge in [0.25, 0.3) is 0 Å². The van der Waals surface area contributed by atoms with E-state index in [1.54, 1.807) is 37.3 Å². The van der Waals surface area contributed by atoms with Crippen molar-refractivity contribution in [2.45, 2.75) is 19.3 Å². The van der Waals surface area contributed by atoms with Crippen LogP contribution in [0.15, 0.2) is 60.7 Å². The molecule has 0 amide bonds. The molecular formula is C22H13F6N3. The van der Waals surface area contributed by atoms with E-state index in [1.165, 1.54) is 24.3 Å². The summed E-state index contributed by atoms with van der Waals surface area (Å²) >= 11 is 0. The fraction of sp³-hybridized carbons (Fsp3) is 0.136. The minimum Gasteiger partial charge on any atom is -0.228 e. The van der Waals surface area contributed by atoms with E-state index in [1.807, 2.05) is 0 Å². The standard InChI is InChI=1S/C22H13F6N3/c1-12-7-9-13(10-8-12)16-11-15(21(23,24)25)17-18(14-5-3-2-4-6-14)30-20(22(26,27)28)31-19(17)29-16/h2-11H,1H3. The van der Waals surface area contributed by atoms with Crippen LogP contribution >= 0.6 is 0 Å². The first-order valence-corrected chi connectivity index (χ1v) is 9.03. The van der Waals surface area contributed by atoms with E-state index < -0.39 is 40.5 Å². The number of alkyl halides is 6. The molecule has 2 aromatic heterocycles. The lowest BCUT2D eigenvalue weighted by Crippen LogP contribution is -2.15. The van der Waals surface area contributed by atoms with Crippen LogP contribution in [0.4, 0.5) is 26.3 Å². The highest BCUT2D eigenvalue weighted by Crippen LogP contribution is 2.41. The number of aryl methyl sites for hydroxylation is 1. The number of fused-ring (bicyclic) bond motifs is 1. The zero-order chi connectivity index (χ0) is 22.4. The molecule has 0 N–H and O–H groups in total. The molecule has 31 heavy (non-hydrogen) atoms. The van der Waals surface area contributed by atoms with Crippen LogP contribution in [0.1, 0.15) is 17.0 Å². The van der Waals surface area contributed by atoms with Gasteiger partial charge in [-0.05, 0) is 13.0 Å². The van der Waals surface area contributed by atoms with E-state index in [-0.39, 0.29) is 11.3 Å². The molecule has 0 aliphatic heterocycles. The number of nitrogens with zero attached hydrogens (tertiary/aromatic N) is 3. The summed E-state index contributed by atoms with van der Waals surface area (Å²) < 4.78 is 82.3. The number of benzene rings is 2. The van der Waals surface area contributed by atoms with Gasteiger partial charge in [0.1, 0.15) is 0 Å². The number of halogens is 6. The van der Waals surface area contributed by atoms with Gasteiger partial charge >= 0.3 is 12.4 Å². The van der Waals surface area contributed by atoms with Crippen LogP contribution in [0.3, 0.4) is 0 Å². The second-order valence-corrected chi connectivity index (χ2v) is 6.88. The number of aromatic nitrogens is 3. The van der Waals surface area contributed by atoms with Crippen molar-refractivity contribution in [2.24, 2.45) is 0 Å². The van der Waals surface area contributed by atoms with Crippen molar-refractivity contribution >= 4 is 11.0 Å². The molecule has 0 radical (unpaired) electrons. The molecule has 4 aromatic rings. The molecule has 0 atom stereocenters. The first-order valence-electron chi connectivity index (χ1n) is 9.03. The minimum atomic E-state index is -4.96. The van der Waals surface area contributed by atoms with Gasteiger partial charge in [-0.3, -0.25) is 0 Å². The van der Waals surface area contributed by atoms with Crippen molar-refractivity contribution in [2.75, 3.05) is 0 Å². The molecule has 0 bridgehead atoms. The summed E-state index contributed by atoms with van der Waals surface area (Å²) in [7, 11) is 0. The molecule has 0 saturated carbocycles. The van der Waals surface area contributed by atoms with E-state index in [0.29, 0.717) is 5.56 Å². The Morgan fingerprint density at radius 3 is 1.90 bits per heavy atom. The van der Waals surface area contributed by atoms with Gasteiger partial charge in [-0.25, -0.2) is 15.0 Å². The van der Waals surface area contributed by atoms with Crippen molar-refractivity contribution < 1.29 is 26.3 Å². The lowest BCUT2D eigenvalue weighted by Gasteiger charge is -2.16. The topological polar surface area (TPSA) is 38.7 Å². The van der Waals surface area contributed by atoms with E-state index in [9.17, 15) is 26.3 Å². The van der Waals surface area contributed by atoms with Gasteiger partial charge in [-0.15, -0.1) is 0 Å². The fourth-order valence-electron chi connectivity index (χ4n) is 3.16. The largest absolute Gasteiger partial charge is 0.451 e. The Morgan fingerprint density at radius 1 is 0.677 bits per heavy atom. The molecule has 0 aliphatic rings. The van der Waals surface area contributed by atoms with Gasteiger partial charge in [0.05, 0.1) is 22.3 Å². The molecular weight excluding hydrogens is 420 g/mol. The van der Waals surface area contributed by atoms with Crippen molar-refractivity contribution in [3.05, 3.63) is 77.6 Å². The molecule has 0 saturated heterocycles. The van der Waals surface area contributed by atoms with Crippen molar-refractivity contribution in [1.82, 2.24) is 15.0 Å². The third-order valence-electron chi connectivity index (χ3n) is 4.62. The molecule has 3 nitrogen and oxygen atoms in total. The second kappa shape index (κ2) is 7.33. The molecule has 0 fully saturated rings. The van der Waals surface area contributed by atoms with E-state index >= 15 is 0 Å². The van der Waals surface area contributed by atoms with Crippen molar-refractivity contribution in [1.29, 1.82) is 0 Å². The average molecular weight is 433 g/mol. The second-order valence-electron chi connectivity index (χ2n) is 6.88. The zero-order valence-electron chi connectivity index (χ0n) is 15.9. The normalized spacial score (nSPS) is 12.4. The van der Waals surface area contributed by atoms with Gasteiger partial charge in [-0.2, -0.15) is 26.3 Å². The molecule has 0 unspecified atom stereocenters. The highest BCUT2D eigenvalue weighted by Gasteiger charge is 2.39. The van der Waals surface area contributed by atoms with Gasteiger partial charge in [-0.1, -0.05) is 60.2 Å². The predicted octanol–water partition coefficient (Wildman–Crippen LogP) is 6.70. The molecule has 9 heteroatoms. The van der Waals surface area contributed by atoms with Crippen LogP contribution in [0.2, 0.25) is 0 Å². The van der Waals surface area contributed by atoms with E-state index in [4.69, 9.17) is 0 Å². The summed E-state index contributed by atoms with van der Waals surface area (Å²) in [4.78, 5) is 10.9.